The Morgan fingerprint density at radius 1 is 1.38 bits per heavy atom. The summed E-state index contributed by atoms with van der Waals surface area (Å²) in [6.07, 6.45) is 6.53. The zero-order valence-corrected chi connectivity index (χ0v) is 15.2. The molecule has 3 rings (SSSR count). The lowest BCUT2D eigenvalue weighted by Gasteiger charge is -2.38. The van der Waals surface area contributed by atoms with Gasteiger partial charge in [0.1, 0.15) is 0 Å². The van der Waals surface area contributed by atoms with Crippen LogP contribution in [-0.4, -0.2) is 42.4 Å². The van der Waals surface area contributed by atoms with E-state index in [2.05, 4.69) is 12.2 Å². The number of piperidine rings is 1. The van der Waals surface area contributed by atoms with Gasteiger partial charge >= 0.3 is 0 Å². The largest absolute Gasteiger partial charge is 0.342 e. The fourth-order valence-corrected chi connectivity index (χ4v) is 4.92. The van der Waals surface area contributed by atoms with Crippen LogP contribution >= 0.6 is 11.3 Å². The van der Waals surface area contributed by atoms with E-state index in [1.54, 1.807) is 11.3 Å². The molecule has 2 heterocycles. The Labute approximate surface area is 147 Å². The first-order chi connectivity index (χ1) is 11.6. The Balaban J connectivity index is 1.55. The maximum absolute atomic E-state index is 12.5. The fourth-order valence-electron chi connectivity index (χ4n) is 3.75. The summed E-state index contributed by atoms with van der Waals surface area (Å²) >= 11 is 1.58. The third kappa shape index (κ3) is 3.81. The maximum Gasteiger partial charge on any atom is 0.261 e. The van der Waals surface area contributed by atoms with Crippen LogP contribution in [0.25, 0.3) is 0 Å². The molecule has 2 atom stereocenters. The Morgan fingerprint density at radius 3 is 2.92 bits per heavy atom. The van der Waals surface area contributed by atoms with Gasteiger partial charge in [-0.15, -0.1) is 11.3 Å². The minimum atomic E-state index is -0.127. The fraction of sp³-hybridized carbons (Fsp3) is 0.667. The molecule has 0 radical (unpaired) electrons. The van der Waals surface area contributed by atoms with Gasteiger partial charge in [0.2, 0.25) is 5.91 Å². The van der Waals surface area contributed by atoms with E-state index in [-0.39, 0.29) is 24.4 Å². The standard InChI is InChI=1S/C18H27N3O2S/c1-12-6-7-21(14(8-12)10-19)17(22)11-20-18(23)16-9-13-4-2-3-5-15(13)24-16/h9,12,14H,2-8,10-11,19H2,1H3,(H,20,23). The lowest BCUT2D eigenvalue weighted by molar-refractivity contribution is -0.134. The number of aryl methyl sites for hydroxylation is 2. The van der Waals surface area contributed by atoms with Gasteiger partial charge in [-0.3, -0.25) is 9.59 Å². The molecule has 2 unspecified atom stereocenters. The van der Waals surface area contributed by atoms with Crippen molar-refractivity contribution in [2.24, 2.45) is 11.7 Å². The molecule has 1 saturated heterocycles. The number of carbonyl (C=O) groups is 2. The van der Waals surface area contributed by atoms with Crippen molar-refractivity contribution in [3.63, 3.8) is 0 Å². The molecular weight excluding hydrogens is 322 g/mol. The summed E-state index contributed by atoms with van der Waals surface area (Å²) in [5.74, 6) is 0.457. The van der Waals surface area contributed by atoms with Crippen molar-refractivity contribution in [2.45, 2.75) is 51.5 Å². The average Bonchev–Trinajstić information content (AvgIpc) is 3.03. The van der Waals surface area contributed by atoms with Crippen molar-refractivity contribution >= 4 is 23.2 Å². The summed E-state index contributed by atoms with van der Waals surface area (Å²) in [6, 6.07) is 2.11. The number of nitrogens with zero attached hydrogens (tertiary/aromatic N) is 1. The predicted molar refractivity (Wildman–Crippen MR) is 96.2 cm³/mol. The second kappa shape index (κ2) is 7.66. The number of likely N-dealkylation sites (tertiary alicyclic amines) is 1. The van der Waals surface area contributed by atoms with Crippen LogP contribution in [0.1, 0.15) is 52.7 Å². The molecule has 132 valence electrons. The monoisotopic (exact) mass is 349 g/mol. The Bertz CT molecular complexity index is 590. The van der Waals surface area contributed by atoms with E-state index in [4.69, 9.17) is 5.73 Å². The molecule has 1 aliphatic heterocycles. The number of fused-ring (bicyclic) bond motifs is 1. The third-order valence-corrected chi connectivity index (χ3v) is 6.43. The molecule has 2 aliphatic rings. The number of nitrogens with one attached hydrogen (secondary N) is 1. The summed E-state index contributed by atoms with van der Waals surface area (Å²) in [5, 5.41) is 2.80. The topological polar surface area (TPSA) is 75.4 Å². The molecule has 24 heavy (non-hydrogen) atoms. The van der Waals surface area contributed by atoms with Crippen LogP contribution in [0.3, 0.4) is 0 Å². The highest BCUT2D eigenvalue weighted by Crippen LogP contribution is 2.29. The van der Waals surface area contributed by atoms with Crippen LogP contribution in [0.4, 0.5) is 0 Å². The molecule has 0 aromatic carbocycles. The van der Waals surface area contributed by atoms with E-state index < -0.39 is 0 Å². The van der Waals surface area contributed by atoms with Crippen molar-refractivity contribution in [3.05, 3.63) is 21.4 Å². The lowest BCUT2D eigenvalue weighted by Crippen LogP contribution is -2.52. The highest BCUT2D eigenvalue weighted by atomic mass is 32.1. The molecule has 0 spiro atoms. The molecule has 2 amide bonds. The summed E-state index contributed by atoms with van der Waals surface area (Å²) in [6.45, 7) is 3.49. The van der Waals surface area contributed by atoms with Crippen molar-refractivity contribution < 1.29 is 9.59 Å². The third-order valence-electron chi connectivity index (χ3n) is 5.19. The normalized spacial score (nSPS) is 23.7. The molecule has 6 heteroatoms. The number of hydrogen-bond acceptors (Lipinski definition) is 4. The zero-order valence-electron chi connectivity index (χ0n) is 14.3. The summed E-state index contributed by atoms with van der Waals surface area (Å²) in [4.78, 5) is 28.7. The molecule has 1 aromatic rings. The maximum atomic E-state index is 12.5. The van der Waals surface area contributed by atoms with Gasteiger partial charge in [0.15, 0.2) is 0 Å². The van der Waals surface area contributed by atoms with Crippen LogP contribution in [0.15, 0.2) is 6.07 Å². The Hall–Kier alpha value is -1.40. The molecule has 1 aromatic heterocycles. The first-order valence-corrected chi connectivity index (χ1v) is 9.79. The molecule has 0 saturated carbocycles. The van der Waals surface area contributed by atoms with Gasteiger partial charge in [0, 0.05) is 24.0 Å². The van der Waals surface area contributed by atoms with Crippen LogP contribution in [0, 0.1) is 5.92 Å². The number of carbonyl (C=O) groups excluding carboxylic acids is 2. The van der Waals surface area contributed by atoms with E-state index in [1.165, 1.54) is 23.3 Å². The zero-order chi connectivity index (χ0) is 17.1. The molecule has 3 N–H and O–H groups in total. The van der Waals surface area contributed by atoms with Crippen LogP contribution in [0.5, 0.6) is 0 Å². The number of rotatable bonds is 4. The van der Waals surface area contributed by atoms with Gasteiger partial charge in [-0.1, -0.05) is 6.92 Å². The van der Waals surface area contributed by atoms with E-state index >= 15 is 0 Å². The van der Waals surface area contributed by atoms with Crippen molar-refractivity contribution in [1.82, 2.24) is 10.2 Å². The van der Waals surface area contributed by atoms with Gasteiger partial charge < -0.3 is 16.0 Å². The highest BCUT2D eigenvalue weighted by Gasteiger charge is 2.29. The lowest BCUT2D eigenvalue weighted by atomic mass is 9.92. The van der Waals surface area contributed by atoms with Gasteiger partial charge in [0.25, 0.3) is 5.91 Å². The second-order valence-electron chi connectivity index (χ2n) is 7.06. The number of nitrogens with two attached hydrogens (primary N) is 1. The number of hydrogen-bond donors (Lipinski definition) is 2. The molecule has 0 bridgehead atoms. The smallest absolute Gasteiger partial charge is 0.261 e. The Morgan fingerprint density at radius 2 is 2.17 bits per heavy atom. The number of amides is 2. The second-order valence-corrected chi connectivity index (χ2v) is 8.19. The van der Waals surface area contributed by atoms with E-state index in [9.17, 15) is 9.59 Å². The highest BCUT2D eigenvalue weighted by molar-refractivity contribution is 7.14. The quantitative estimate of drug-likeness (QED) is 0.872. The minimum absolute atomic E-state index is 0.0213. The molecule has 5 nitrogen and oxygen atoms in total. The SMILES string of the molecule is CC1CCN(C(=O)CNC(=O)c2cc3c(s2)CCCC3)C(CN)C1. The van der Waals surface area contributed by atoms with Crippen molar-refractivity contribution in [3.8, 4) is 0 Å². The van der Waals surface area contributed by atoms with Gasteiger partial charge in [0.05, 0.1) is 11.4 Å². The first kappa shape index (κ1) is 17.4. The van der Waals surface area contributed by atoms with Crippen LogP contribution < -0.4 is 11.1 Å². The van der Waals surface area contributed by atoms with E-state index in [1.807, 2.05) is 11.0 Å². The number of thiophene rings is 1. The molecule has 1 fully saturated rings. The van der Waals surface area contributed by atoms with Crippen LogP contribution in [-0.2, 0) is 17.6 Å². The van der Waals surface area contributed by atoms with Crippen LogP contribution in [0.2, 0.25) is 0 Å². The van der Waals surface area contributed by atoms with Crippen molar-refractivity contribution in [1.29, 1.82) is 0 Å². The van der Waals surface area contributed by atoms with Gasteiger partial charge in [-0.2, -0.15) is 0 Å². The minimum Gasteiger partial charge on any atom is -0.342 e. The molecular formula is C18H27N3O2S. The first-order valence-electron chi connectivity index (χ1n) is 8.97. The van der Waals surface area contributed by atoms with E-state index in [0.29, 0.717) is 12.5 Å². The van der Waals surface area contributed by atoms with Gasteiger partial charge in [-0.25, -0.2) is 0 Å². The average molecular weight is 350 g/mol. The summed E-state index contributed by atoms with van der Waals surface area (Å²) in [5.41, 5.74) is 7.13. The van der Waals surface area contributed by atoms with Gasteiger partial charge in [-0.05, 0) is 56.1 Å². The predicted octanol–water partition coefficient (Wildman–Crippen LogP) is 1.94. The molecule has 1 aliphatic carbocycles. The summed E-state index contributed by atoms with van der Waals surface area (Å²) < 4.78 is 0. The van der Waals surface area contributed by atoms with E-state index in [0.717, 1.165) is 37.1 Å². The Kier molecular flexibility index (Phi) is 5.56. The van der Waals surface area contributed by atoms with Crippen molar-refractivity contribution in [2.75, 3.05) is 19.6 Å². The summed E-state index contributed by atoms with van der Waals surface area (Å²) in [7, 11) is 0.